The van der Waals surface area contributed by atoms with Crippen molar-refractivity contribution >= 4 is 0 Å². The van der Waals surface area contributed by atoms with Gasteiger partial charge < -0.3 is 5.11 Å². The third-order valence-electron chi connectivity index (χ3n) is 2.22. The number of rotatable bonds is 4. The average Bonchev–Trinajstić information content (AvgIpc) is 1.80. The van der Waals surface area contributed by atoms with Crippen LogP contribution >= 0.6 is 0 Å². The maximum Gasteiger partial charge on any atom is 0.0456 e. The first-order valence-corrected chi connectivity index (χ1v) is 5.27. The van der Waals surface area contributed by atoms with Gasteiger partial charge in [-0.1, -0.05) is 41.5 Å². The van der Waals surface area contributed by atoms with E-state index in [2.05, 4.69) is 41.5 Å². The van der Waals surface area contributed by atoms with Crippen LogP contribution in [0.15, 0.2) is 0 Å². The summed E-state index contributed by atoms with van der Waals surface area (Å²) in [4.78, 5) is 0. The Bertz CT molecular complexity index is 142. The Kier molecular flexibility index (Phi) is 4.44. The van der Waals surface area contributed by atoms with E-state index in [0.29, 0.717) is 23.4 Å². The van der Waals surface area contributed by atoms with E-state index in [4.69, 9.17) is 5.11 Å². The molecule has 0 fully saturated rings. The van der Waals surface area contributed by atoms with Gasteiger partial charge in [0.25, 0.3) is 0 Å². The lowest BCUT2D eigenvalue weighted by Gasteiger charge is -2.34. The summed E-state index contributed by atoms with van der Waals surface area (Å²) < 4.78 is 0. The summed E-state index contributed by atoms with van der Waals surface area (Å²) in [5, 5.41) is 9.00. The Hall–Kier alpha value is -0.0400. The first-order valence-electron chi connectivity index (χ1n) is 5.27. The van der Waals surface area contributed by atoms with Crippen molar-refractivity contribution in [2.45, 2.75) is 54.4 Å². The van der Waals surface area contributed by atoms with E-state index in [1.54, 1.807) is 0 Å². The lowest BCUT2D eigenvalue weighted by molar-refractivity contribution is 0.140. The molecule has 0 saturated heterocycles. The highest BCUT2D eigenvalue weighted by Crippen LogP contribution is 2.37. The van der Waals surface area contributed by atoms with Crippen molar-refractivity contribution in [1.82, 2.24) is 0 Å². The Balaban J connectivity index is 4.08. The topological polar surface area (TPSA) is 20.2 Å². The highest BCUT2D eigenvalue weighted by molar-refractivity contribution is 4.77. The molecule has 0 amide bonds. The van der Waals surface area contributed by atoms with Gasteiger partial charge in [0.15, 0.2) is 0 Å². The van der Waals surface area contributed by atoms with Crippen molar-refractivity contribution in [3.63, 3.8) is 0 Å². The highest BCUT2D eigenvalue weighted by Gasteiger charge is 2.26. The molecular formula is C12H26O. The first-order chi connectivity index (χ1) is 5.66. The minimum Gasteiger partial charge on any atom is -0.396 e. The van der Waals surface area contributed by atoms with Crippen LogP contribution in [0.2, 0.25) is 0 Å². The summed E-state index contributed by atoms with van der Waals surface area (Å²) in [6, 6.07) is 0. The summed E-state index contributed by atoms with van der Waals surface area (Å²) >= 11 is 0. The molecule has 0 aromatic rings. The smallest absolute Gasteiger partial charge is 0.0456 e. The molecule has 0 aliphatic carbocycles. The number of hydrogen-bond acceptors (Lipinski definition) is 1. The van der Waals surface area contributed by atoms with E-state index in [9.17, 15) is 0 Å². The van der Waals surface area contributed by atoms with Gasteiger partial charge >= 0.3 is 0 Å². The molecule has 80 valence electrons. The van der Waals surface area contributed by atoms with Crippen LogP contribution in [-0.4, -0.2) is 11.7 Å². The second-order valence-electron chi connectivity index (χ2n) is 6.39. The van der Waals surface area contributed by atoms with Crippen LogP contribution in [0, 0.1) is 16.7 Å². The van der Waals surface area contributed by atoms with Crippen LogP contribution in [0.5, 0.6) is 0 Å². The Labute approximate surface area is 83.5 Å². The largest absolute Gasteiger partial charge is 0.396 e. The van der Waals surface area contributed by atoms with Crippen molar-refractivity contribution < 1.29 is 5.11 Å². The van der Waals surface area contributed by atoms with Gasteiger partial charge in [0, 0.05) is 6.61 Å². The molecule has 13 heavy (non-hydrogen) atoms. The van der Waals surface area contributed by atoms with Crippen LogP contribution in [0.1, 0.15) is 54.4 Å². The quantitative estimate of drug-likeness (QED) is 0.713. The van der Waals surface area contributed by atoms with Crippen molar-refractivity contribution in [1.29, 1.82) is 0 Å². The predicted octanol–water partition coefficient (Wildman–Crippen LogP) is 3.47. The molecule has 0 radical (unpaired) electrons. The molecule has 1 N–H and O–H groups in total. The van der Waals surface area contributed by atoms with Crippen molar-refractivity contribution in [2.24, 2.45) is 16.7 Å². The van der Waals surface area contributed by atoms with Gasteiger partial charge in [-0.15, -0.1) is 0 Å². The Morgan fingerprint density at radius 2 is 1.54 bits per heavy atom. The maximum absolute atomic E-state index is 9.00. The second kappa shape index (κ2) is 4.45. The van der Waals surface area contributed by atoms with Gasteiger partial charge in [0.1, 0.15) is 0 Å². The molecule has 0 aromatic carbocycles. The van der Waals surface area contributed by atoms with Crippen LogP contribution in [-0.2, 0) is 0 Å². The van der Waals surface area contributed by atoms with Gasteiger partial charge in [-0.2, -0.15) is 0 Å². The van der Waals surface area contributed by atoms with Gasteiger partial charge in [0.2, 0.25) is 0 Å². The molecule has 0 rings (SSSR count). The third kappa shape index (κ3) is 7.06. The number of hydrogen-bond donors (Lipinski definition) is 1. The average molecular weight is 186 g/mol. The molecule has 0 bridgehead atoms. The Morgan fingerprint density at radius 3 is 1.85 bits per heavy atom. The van der Waals surface area contributed by atoms with Crippen LogP contribution in [0.4, 0.5) is 0 Å². The van der Waals surface area contributed by atoms with Crippen LogP contribution in [0.3, 0.4) is 0 Å². The molecule has 0 saturated carbocycles. The molecule has 1 unspecified atom stereocenters. The summed E-state index contributed by atoms with van der Waals surface area (Å²) in [6.07, 6.45) is 2.32. The summed E-state index contributed by atoms with van der Waals surface area (Å²) in [7, 11) is 0. The van der Waals surface area contributed by atoms with Gasteiger partial charge in [-0.3, -0.25) is 0 Å². The summed E-state index contributed by atoms with van der Waals surface area (Å²) in [5.74, 6) is 0.428. The lowest BCUT2D eigenvalue weighted by Crippen LogP contribution is -2.23. The number of aliphatic hydroxyl groups excluding tert-OH is 1. The minimum absolute atomic E-state index is 0.313. The van der Waals surface area contributed by atoms with E-state index in [1.165, 1.54) is 6.42 Å². The molecule has 0 aliphatic rings. The zero-order valence-electron chi connectivity index (χ0n) is 10.1. The number of aliphatic hydroxyl groups is 1. The molecule has 1 atom stereocenters. The van der Waals surface area contributed by atoms with E-state index in [0.717, 1.165) is 6.42 Å². The summed E-state index contributed by atoms with van der Waals surface area (Å²) in [6.45, 7) is 13.8. The monoisotopic (exact) mass is 186 g/mol. The first kappa shape index (κ1) is 13.0. The normalized spacial score (nSPS) is 15.9. The summed E-state index contributed by atoms with van der Waals surface area (Å²) in [5.41, 5.74) is 0.735. The fourth-order valence-corrected chi connectivity index (χ4v) is 2.52. The molecule has 0 aromatic heterocycles. The van der Waals surface area contributed by atoms with Gasteiger partial charge in [0.05, 0.1) is 0 Å². The van der Waals surface area contributed by atoms with Crippen LogP contribution < -0.4 is 0 Å². The fraction of sp³-hybridized carbons (Fsp3) is 1.00. The van der Waals surface area contributed by atoms with Gasteiger partial charge in [-0.25, -0.2) is 0 Å². The van der Waals surface area contributed by atoms with Crippen LogP contribution in [0.25, 0.3) is 0 Å². The molecule has 0 aliphatic heterocycles. The van der Waals surface area contributed by atoms with Crippen molar-refractivity contribution in [3.8, 4) is 0 Å². The molecule has 0 heterocycles. The molecule has 1 heteroatoms. The van der Waals surface area contributed by atoms with E-state index in [-0.39, 0.29) is 0 Å². The minimum atomic E-state index is 0.313. The second-order valence-corrected chi connectivity index (χ2v) is 6.39. The maximum atomic E-state index is 9.00. The molecular weight excluding hydrogens is 160 g/mol. The van der Waals surface area contributed by atoms with Gasteiger partial charge in [-0.05, 0) is 29.6 Å². The lowest BCUT2D eigenvalue weighted by atomic mass is 9.72. The Morgan fingerprint density at radius 1 is 1.08 bits per heavy atom. The fourth-order valence-electron chi connectivity index (χ4n) is 2.52. The molecule has 1 nitrogen and oxygen atoms in total. The van der Waals surface area contributed by atoms with E-state index < -0.39 is 0 Å². The van der Waals surface area contributed by atoms with Crippen molar-refractivity contribution in [3.05, 3.63) is 0 Å². The third-order valence-corrected chi connectivity index (χ3v) is 2.22. The van der Waals surface area contributed by atoms with Crippen molar-refractivity contribution in [2.75, 3.05) is 6.61 Å². The highest BCUT2D eigenvalue weighted by atomic mass is 16.3. The molecule has 0 spiro atoms. The zero-order valence-corrected chi connectivity index (χ0v) is 10.1. The standard InChI is InChI=1S/C12H26O/c1-10(8-13)7-12(5,6)9-11(2,3)4/h10,13H,7-9H2,1-6H3. The van der Waals surface area contributed by atoms with E-state index in [1.807, 2.05) is 0 Å². The zero-order chi connectivity index (χ0) is 10.7. The predicted molar refractivity (Wildman–Crippen MR) is 58.7 cm³/mol. The van der Waals surface area contributed by atoms with E-state index >= 15 is 0 Å². The SMILES string of the molecule is CC(CO)CC(C)(C)CC(C)(C)C.